The molecule has 0 bridgehead atoms. The first kappa shape index (κ1) is 15.3. The van der Waals surface area contributed by atoms with Gasteiger partial charge in [-0.2, -0.15) is 0 Å². The van der Waals surface area contributed by atoms with E-state index in [4.69, 9.17) is 0 Å². The summed E-state index contributed by atoms with van der Waals surface area (Å²) in [6, 6.07) is 8.07. The Morgan fingerprint density at radius 1 is 0.947 bits per heavy atom. The van der Waals surface area contributed by atoms with E-state index in [1.807, 2.05) is 38.4 Å². The third-order valence-electron chi connectivity index (χ3n) is 2.32. The highest BCUT2D eigenvalue weighted by molar-refractivity contribution is 5.50. The first-order valence-corrected chi connectivity index (χ1v) is 6.40. The molecule has 0 spiro atoms. The maximum atomic E-state index is 3.23. The Hall–Kier alpha value is -1.74. The highest BCUT2D eigenvalue weighted by Crippen LogP contribution is 2.05. The summed E-state index contributed by atoms with van der Waals surface area (Å²) in [6.07, 6.45) is 0. The SMILES string of the molecule is CN(C)CC#Cc1ccccc1C#CC[N+](C)(C)C. The number of rotatable bonds is 2. The van der Waals surface area contributed by atoms with Crippen molar-refractivity contribution in [3.8, 4) is 23.7 Å². The van der Waals surface area contributed by atoms with Crippen molar-refractivity contribution in [1.82, 2.24) is 4.90 Å². The van der Waals surface area contributed by atoms with Crippen LogP contribution in [0.2, 0.25) is 0 Å². The molecule has 0 fully saturated rings. The molecule has 0 saturated heterocycles. The minimum Gasteiger partial charge on any atom is -0.321 e. The fraction of sp³-hybridized carbons (Fsp3) is 0.412. The van der Waals surface area contributed by atoms with Gasteiger partial charge in [0.25, 0.3) is 0 Å². The van der Waals surface area contributed by atoms with Crippen LogP contribution in [0.15, 0.2) is 24.3 Å². The summed E-state index contributed by atoms with van der Waals surface area (Å²) in [7, 11) is 10.4. The van der Waals surface area contributed by atoms with Crippen LogP contribution in [-0.2, 0) is 0 Å². The Labute approximate surface area is 117 Å². The van der Waals surface area contributed by atoms with Crippen molar-refractivity contribution >= 4 is 0 Å². The lowest BCUT2D eigenvalue weighted by atomic mass is 10.1. The second-order valence-corrected chi connectivity index (χ2v) is 5.84. The molecule has 0 saturated carbocycles. The van der Waals surface area contributed by atoms with E-state index >= 15 is 0 Å². The molecular formula is C17H23N2+. The zero-order chi connectivity index (χ0) is 14.3. The molecule has 1 aromatic rings. The molecule has 0 radical (unpaired) electrons. The Morgan fingerprint density at radius 3 is 1.95 bits per heavy atom. The molecule has 0 aliphatic carbocycles. The Balaban J connectivity index is 2.86. The zero-order valence-corrected chi connectivity index (χ0v) is 12.6. The number of hydrogen-bond donors (Lipinski definition) is 0. The molecule has 0 aliphatic rings. The highest BCUT2D eigenvalue weighted by atomic mass is 15.3. The normalized spacial score (nSPS) is 10.4. The lowest BCUT2D eigenvalue weighted by Gasteiger charge is -2.20. The lowest BCUT2D eigenvalue weighted by molar-refractivity contribution is -0.862. The Bertz CT molecular complexity index is 528. The molecule has 19 heavy (non-hydrogen) atoms. The Kier molecular flexibility index (Phi) is 5.64. The molecule has 0 aliphatic heterocycles. The summed E-state index contributed by atoms with van der Waals surface area (Å²) >= 11 is 0. The van der Waals surface area contributed by atoms with Gasteiger partial charge in [-0.3, -0.25) is 4.90 Å². The summed E-state index contributed by atoms with van der Waals surface area (Å²) in [5.41, 5.74) is 2.03. The van der Waals surface area contributed by atoms with Crippen molar-refractivity contribution in [2.75, 3.05) is 48.3 Å². The number of hydrogen-bond acceptors (Lipinski definition) is 1. The smallest absolute Gasteiger partial charge is 0.140 e. The maximum Gasteiger partial charge on any atom is 0.140 e. The van der Waals surface area contributed by atoms with Crippen LogP contribution >= 0.6 is 0 Å². The van der Waals surface area contributed by atoms with Crippen molar-refractivity contribution in [2.45, 2.75) is 0 Å². The average Bonchev–Trinajstić information content (AvgIpc) is 2.29. The number of nitrogens with zero attached hydrogens (tertiary/aromatic N) is 2. The predicted molar refractivity (Wildman–Crippen MR) is 81.7 cm³/mol. The van der Waals surface area contributed by atoms with E-state index in [1.54, 1.807) is 0 Å². The van der Waals surface area contributed by atoms with Gasteiger partial charge in [0.2, 0.25) is 0 Å². The van der Waals surface area contributed by atoms with Crippen molar-refractivity contribution in [3.63, 3.8) is 0 Å². The first-order valence-electron chi connectivity index (χ1n) is 6.40. The first-order chi connectivity index (χ1) is 8.88. The van der Waals surface area contributed by atoms with Gasteiger partial charge in [-0.25, -0.2) is 0 Å². The van der Waals surface area contributed by atoms with Crippen LogP contribution in [-0.4, -0.2) is 57.7 Å². The topological polar surface area (TPSA) is 3.24 Å². The summed E-state index contributed by atoms with van der Waals surface area (Å²) in [4.78, 5) is 2.05. The van der Waals surface area contributed by atoms with E-state index in [-0.39, 0.29) is 0 Å². The van der Waals surface area contributed by atoms with Crippen LogP contribution < -0.4 is 0 Å². The molecular weight excluding hydrogens is 232 g/mol. The summed E-state index contributed by atoms with van der Waals surface area (Å²) in [5.74, 6) is 12.8. The van der Waals surface area contributed by atoms with Crippen molar-refractivity contribution in [3.05, 3.63) is 35.4 Å². The van der Waals surface area contributed by atoms with Gasteiger partial charge in [-0.15, -0.1) is 0 Å². The largest absolute Gasteiger partial charge is 0.321 e. The monoisotopic (exact) mass is 255 g/mol. The second kappa shape index (κ2) is 7.00. The minimum atomic E-state index is 0.765. The van der Waals surface area contributed by atoms with E-state index in [0.717, 1.165) is 28.7 Å². The van der Waals surface area contributed by atoms with Crippen LogP contribution in [0, 0.1) is 23.7 Å². The number of quaternary nitrogens is 1. The van der Waals surface area contributed by atoms with Crippen LogP contribution in [0.3, 0.4) is 0 Å². The fourth-order valence-corrected chi connectivity index (χ4v) is 1.37. The minimum absolute atomic E-state index is 0.765. The van der Waals surface area contributed by atoms with E-state index in [1.165, 1.54) is 0 Å². The molecule has 100 valence electrons. The second-order valence-electron chi connectivity index (χ2n) is 5.84. The Morgan fingerprint density at radius 2 is 1.47 bits per heavy atom. The van der Waals surface area contributed by atoms with E-state index in [2.05, 4.69) is 49.7 Å². The molecule has 0 atom stereocenters. The van der Waals surface area contributed by atoms with Gasteiger partial charge in [0.15, 0.2) is 0 Å². The van der Waals surface area contributed by atoms with Gasteiger partial charge in [-0.05, 0) is 32.1 Å². The molecule has 1 rings (SSSR count). The van der Waals surface area contributed by atoms with Gasteiger partial charge >= 0.3 is 0 Å². The molecule has 0 unspecified atom stereocenters. The molecule has 2 nitrogen and oxygen atoms in total. The van der Waals surface area contributed by atoms with Crippen LogP contribution in [0.5, 0.6) is 0 Å². The highest BCUT2D eigenvalue weighted by Gasteiger charge is 2.02. The van der Waals surface area contributed by atoms with Crippen LogP contribution in [0.25, 0.3) is 0 Å². The molecule has 0 N–H and O–H groups in total. The van der Waals surface area contributed by atoms with Crippen LogP contribution in [0.1, 0.15) is 11.1 Å². The van der Waals surface area contributed by atoms with Gasteiger partial charge < -0.3 is 4.48 Å². The third-order valence-corrected chi connectivity index (χ3v) is 2.32. The van der Waals surface area contributed by atoms with Crippen molar-refractivity contribution in [2.24, 2.45) is 0 Å². The maximum absolute atomic E-state index is 3.23. The average molecular weight is 255 g/mol. The van der Waals surface area contributed by atoms with Crippen molar-refractivity contribution in [1.29, 1.82) is 0 Å². The van der Waals surface area contributed by atoms with Crippen molar-refractivity contribution < 1.29 is 4.48 Å². The van der Waals surface area contributed by atoms with Gasteiger partial charge in [-0.1, -0.05) is 29.9 Å². The van der Waals surface area contributed by atoms with Gasteiger partial charge in [0.1, 0.15) is 6.54 Å². The molecule has 0 heterocycles. The molecule has 2 heteroatoms. The van der Waals surface area contributed by atoms with Gasteiger partial charge in [0, 0.05) is 11.1 Å². The van der Waals surface area contributed by atoms with Crippen LogP contribution in [0.4, 0.5) is 0 Å². The van der Waals surface area contributed by atoms with E-state index < -0.39 is 0 Å². The fourth-order valence-electron chi connectivity index (χ4n) is 1.37. The quantitative estimate of drug-likeness (QED) is 0.574. The number of benzene rings is 1. The summed E-state index contributed by atoms with van der Waals surface area (Å²) in [5, 5.41) is 0. The van der Waals surface area contributed by atoms with E-state index in [0.29, 0.717) is 0 Å². The standard InChI is InChI=1S/C17H23N2/c1-18(2)14-8-12-16-10-6-7-11-17(16)13-9-15-19(3,4)5/h6-7,10-11H,14-15H2,1-5H3/q+1. The zero-order valence-electron chi connectivity index (χ0n) is 12.6. The third kappa shape index (κ3) is 6.67. The summed E-state index contributed by atoms with van der Waals surface area (Å²) in [6.45, 7) is 1.60. The van der Waals surface area contributed by atoms with E-state index in [9.17, 15) is 0 Å². The lowest BCUT2D eigenvalue weighted by Crippen LogP contribution is -2.34. The molecule has 0 amide bonds. The molecule has 1 aromatic carbocycles. The summed E-state index contributed by atoms with van der Waals surface area (Å²) < 4.78 is 0.849. The molecule has 0 aromatic heterocycles. The predicted octanol–water partition coefficient (Wildman–Crippen LogP) is 1.66. The van der Waals surface area contributed by atoms with Gasteiger partial charge in [0.05, 0.1) is 27.7 Å².